The molecule has 0 spiro atoms. The highest BCUT2D eigenvalue weighted by atomic mass is 15.2. The van der Waals surface area contributed by atoms with Gasteiger partial charge in [-0.25, -0.2) is 0 Å². The van der Waals surface area contributed by atoms with Crippen molar-refractivity contribution < 1.29 is 0 Å². The maximum absolute atomic E-state index is 3.55. The zero-order chi connectivity index (χ0) is 12.7. The second-order valence-corrected chi connectivity index (χ2v) is 5.52. The first-order chi connectivity index (χ1) is 9.42. The monoisotopic (exact) mass is 250 g/mol. The van der Waals surface area contributed by atoms with Gasteiger partial charge >= 0.3 is 0 Å². The second-order valence-electron chi connectivity index (χ2n) is 5.52. The summed E-state index contributed by atoms with van der Waals surface area (Å²) in [4.78, 5) is 2.59. The van der Waals surface area contributed by atoms with E-state index in [1.165, 1.54) is 22.3 Å². The Morgan fingerprint density at radius 2 is 1.47 bits per heavy atom. The van der Waals surface area contributed by atoms with Crippen LogP contribution in [-0.2, 0) is 19.6 Å². The fraction of sp³-hybridized carbons (Fsp3) is 0.294. The normalized spacial score (nSPS) is 22.0. The van der Waals surface area contributed by atoms with E-state index < -0.39 is 0 Å². The van der Waals surface area contributed by atoms with Gasteiger partial charge in [-0.15, -0.1) is 0 Å². The molecule has 0 saturated carbocycles. The highest BCUT2D eigenvalue weighted by Gasteiger charge is 2.29. The molecule has 2 aromatic rings. The van der Waals surface area contributed by atoms with Crippen molar-refractivity contribution in [3.05, 3.63) is 70.8 Å². The van der Waals surface area contributed by atoms with E-state index >= 15 is 0 Å². The Balaban J connectivity index is 1.66. The topological polar surface area (TPSA) is 15.3 Å². The summed E-state index contributed by atoms with van der Waals surface area (Å²) in [7, 11) is 0. The van der Waals surface area contributed by atoms with Crippen LogP contribution in [0.4, 0.5) is 0 Å². The van der Waals surface area contributed by atoms with Crippen LogP contribution in [0.25, 0.3) is 0 Å². The van der Waals surface area contributed by atoms with Crippen LogP contribution in [0.1, 0.15) is 28.3 Å². The molecular weight excluding hydrogens is 232 g/mol. The predicted molar refractivity (Wildman–Crippen MR) is 76.6 cm³/mol. The number of benzene rings is 2. The number of hydrogen-bond acceptors (Lipinski definition) is 2. The van der Waals surface area contributed by atoms with Crippen LogP contribution in [0, 0.1) is 0 Å². The van der Waals surface area contributed by atoms with Crippen LogP contribution in [0.3, 0.4) is 0 Å². The lowest BCUT2D eigenvalue weighted by atomic mass is 9.96. The lowest BCUT2D eigenvalue weighted by Crippen LogP contribution is -2.37. The molecular formula is C17H18N2. The maximum atomic E-state index is 3.55. The molecule has 0 aliphatic carbocycles. The molecule has 1 N–H and O–H groups in total. The molecule has 2 aliphatic rings. The molecule has 1 unspecified atom stereocenters. The molecule has 2 aromatic carbocycles. The molecule has 0 fully saturated rings. The third kappa shape index (κ3) is 1.88. The van der Waals surface area contributed by atoms with Gasteiger partial charge in [0.25, 0.3) is 0 Å². The molecule has 2 heteroatoms. The van der Waals surface area contributed by atoms with E-state index in [1.54, 1.807) is 0 Å². The van der Waals surface area contributed by atoms with Crippen molar-refractivity contribution in [3.8, 4) is 0 Å². The average Bonchev–Trinajstić information content (AvgIpc) is 2.90. The average molecular weight is 250 g/mol. The largest absolute Gasteiger partial charge is 0.311 e. The van der Waals surface area contributed by atoms with Crippen molar-refractivity contribution in [2.24, 2.45) is 0 Å². The third-order valence-electron chi connectivity index (χ3n) is 4.37. The summed E-state index contributed by atoms with van der Waals surface area (Å²) in [5, 5.41) is 3.55. The summed E-state index contributed by atoms with van der Waals surface area (Å²) in [5.74, 6) is 0. The molecule has 96 valence electrons. The van der Waals surface area contributed by atoms with Crippen molar-refractivity contribution in [1.82, 2.24) is 10.2 Å². The zero-order valence-corrected chi connectivity index (χ0v) is 11.0. The van der Waals surface area contributed by atoms with E-state index in [4.69, 9.17) is 0 Å². The first-order valence-corrected chi connectivity index (χ1v) is 7.01. The van der Waals surface area contributed by atoms with Gasteiger partial charge < -0.3 is 5.32 Å². The van der Waals surface area contributed by atoms with Gasteiger partial charge in [-0.3, -0.25) is 4.90 Å². The Morgan fingerprint density at radius 3 is 2.21 bits per heavy atom. The summed E-state index contributed by atoms with van der Waals surface area (Å²) in [6.45, 7) is 4.23. The van der Waals surface area contributed by atoms with E-state index in [9.17, 15) is 0 Å². The molecule has 0 bridgehead atoms. The van der Waals surface area contributed by atoms with Crippen molar-refractivity contribution in [2.75, 3.05) is 6.54 Å². The van der Waals surface area contributed by atoms with Gasteiger partial charge in [-0.05, 0) is 22.3 Å². The second kappa shape index (κ2) is 4.48. The highest BCUT2D eigenvalue weighted by Crippen LogP contribution is 2.33. The van der Waals surface area contributed by atoms with Gasteiger partial charge in [-0.1, -0.05) is 48.5 Å². The Bertz CT molecular complexity index is 581. The Labute approximate surface area is 114 Å². The minimum Gasteiger partial charge on any atom is -0.311 e. The quantitative estimate of drug-likeness (QED) is 0.837. The van der Waals surface area contributed by atoms with Gasteiger partial charge in [0, 0.05) is 32.2 Å². The van der Waals surface area contributed by atoms with Crippen LogP contribution in [0.5, 0.6) is 0 Å². The summed E-state index contributed by atoms with van der Waals surface area (Å²) >= 11 is 0. The van der Waals surface area contributed by atoms with Gasteiger partial charge in [0.2, 0.25) is 0 Å². The van der Waals surface area contributed by atoms with E-state index in [0.717, 1.165) is 26.2 Å². The zero-order valence-electron chi connectivity index (χ0n) is 11.0. The smallest absolute Gasteiger partial charge is 0.0483 e. The standard InChI is InChI=1S/C17H18N2/c1-2-7-15-12-19(11-14(15)6-1)17-10-18-9-13-5-3-4-8-16(13)17/h1-8,17-18H,9-12H2. The third-order valence-corrected chi connectivity index (χ3v) is 4.37. The molecule has 0 amide bonds. The molecule has 0 radical (unpaired) electrons. The molecule has 2 heterocycles. The minimum absolute atomic E-state index is 0.511. The van der Waals surface area contributed by atoms with E-state index in [-0.39, 0.29) is 0 Å². The SMILES string of the molecule is c1ccc2c(c1)CN(C1CNCc3ccccc31)C2. The fourth-order valence-electron chi connectivity index (χ4n) is 3.38. The first kappa shape index (κ1) is 11.2. The molecule has 1 atom stereocenters. The van der Waals surface area contributed by atoms with Gasteiger partial charge in [-0.2, -0.15) is 0 Å². The summed E-state index contributed by atoms with van der Waals surface area (Å²) in [5.41, 5.74) is 5.94. The van der Waals surface area contributed by atoms with E-state index in [2.05, 4.69) is 58.7 Å². The van der Waals surface area contributed by atoms with Crippen LogP contribution >= 0.6 is 0 Å². The lowest BCUT2D eigenvalue weighted by molar-refractivity contribution is 0.187. The van der Waals surface area contributed by atoms with Crippen molar-refractivity contribution in [2.45, 2.75) is 25.7 Å². The number of hydrogen-bond donors (Lipinski definition) is 1. The molecule has 2 aliphatic heterocycles. The Kier molecular flexibility index (Phi) is 2.64. The molecule has 2 nitrogen and oxygen atoms in total. The van der Waals surface area contributed by atoms with Gasteiger partial charge in [0.05, 0.1) is 0 Å². The van der Waals surface area contributed by atoms with Crippen molar-refractivity contribution >= 4 is 0 Å². The van der Waals surface area contributed by atoms with Crippen molar-refractivity contribution in [3.63, 3.8) is 0 Å². The van der Waals surface area contributed by atoms with E-state index in [0.29, 0.717) is 6.04 Å². The van der Waals surface area contributed by atoms with Crippen molar-refractivity contribution in [1.29, 1.82) is 0 Å². The number of rotatable bonds is 1. The number of nitrogens with one attached hydrogen (secondary N) is 1. The summed E-state index contributed by atoms with van der Waals surface area (Å²) < 4.78 is 0. The molecule has 4 rings (SSSR count). The first-order valence-electron chi connectivity index (χ1n) is 7.01. The minimum atomic E-state index is 0.511. The lowest BCUT2D eigenvalue weighted by Gasteiger charge is -2.33. The molecule has 19 heavy (non-hydrogen) atoms. The number of nitrogens with zero attached hydrogens (tertiary/aromatic N) is 1. The van der Waals surface area contributed by atoms with E-state index in [1.807, 2.05) is 0 Å². The predicted octanol–water partition coefficient (Wildman–Crippen LogP) is 2.85. The molecule has 0 aromatic heterocycles. The fourth-order valence-corrected chi connectivity index (χ4v) is 3.38. The van der Waals surface area contributed by atoms with Crippen LogP contribution in [0.2, 0.25) is 0 Å². The van der Waals surface area contributed by atoms with Crippen LogP contribution in [-0.4, -0.2) is 11.4 Å². The van der Waals surface area contributed by atoms with Crippen LogP contribution < -0.4 is 5.32 Å². The summed E-state index contributed by atoms with van der Waals surface area (Å²) in [6, 6.07) is 18.2. The van der Waals surface area contributed by atoms with Gasteiger partial charge in [0.1, 0.15) is 0 Å². The number of fused-ring (bicyclic) bond motifs is 2. The maximum Gasteiger partial charge on any atom is 0.0483 e. The van der Waals surface area contributed by atoms with Crippen LogP contribution in [0.15, 0.2) is 48.5 Å². The van der Waals surface area contributed by atoms with Gasteiger partial charge in [0.15, 0.2) is 0 Å². The summed E-state index contributed by atoms with van der Waals surface area (Å²) in [6.07, 6.45) is 0. The molecule has 0 saturated heterocycles. The highest BCUT2D eigenvalue weighted by molar-refractivity contribution is 5.35. The Hall–Kier alpha value is -1.64. The Morgan fingerprint density at radius 1 is 0.842 bits per heavy atom.